The predicted octanol–water partition coefficient (Wildman–Crippen LogP) is 23.3. The molecular formula is C81H76. The maximum atomic E-state index is 2.66. The number of hydrogen-bond donors (Lipinski definition) is 0. The van der Waals surface area contributed by atoms with Gasteiger partial charge in [-0.3, -0.25) is 0 Å². The van der Waals surface area contributed by atoms with E-state index in [2.05, 4.69) is 275 Å². The molecule has 400 valence electrons. The molecule has 0 radical (unpaired) electrons. The molecule has 0 saturated heterocycles. The van der Waals surface area contributed by atoms with Crippen LogP contribution in [0.5, 0.6) is 0 Å². The molecule has 2 aliphatic rings. The monoisotopic (exact) mass is 1050 g/mol. The summed E-state index contributed by atoms with van der Waals surface area (Å²) < 4.78 is 0. The molecule has 0 amide bonds. The van der Waals surface area contributed by atoms with Crippen molar-refractivity contribution in [3.8, 4) is 89.0 Å². The maximum absolute atomic E-state index is 2.66. The number of unbranched alkanes of at least 4 members (excludes halogenated alkanes) is 5. The normalized spacial score (nSPS) is 13.2. The Morgan fingerprint density at radius 2 is 0.802 bits per heavy atom. The van der Waals surface area contributed by atoms with Crippen molar-refractivity contribution in [3.05, 3.63) is 251 Å². The van der Waals surface area contributed by atoms with E-state index in [1.165, 1.54) is 188 Å². The summed E-state index contributed by atoms with van der Waals surface area (Å²) in [6, 6.07) is 82.8. The Bertz CT molecular complexity index is 4060. The average molecular weight is 1050 g/mol. The molecule has 0 aliphatic heterocycles. The van der Waals surface area contributed by atoms with Gasteiger partial charge in [0.25, 0.3) is 0 Å². The zero-order valence-electron chi connectivity index (χ0n) is 49.2. The van der Waals surface area contributed by atoms with Gasteiger partial charge in [-0.05, 0) is 194 Å². The molecule has 0 saturated carbocycles. The van der Waals surface area contributed by atoms with Crippen molar-refractivity contribution in [1.29, 1.82) is 0 Å². The van der Waals surface area contributed by atoms with Crippen LogP contribution in [-0.4, -0.2) is 0 Å². The Balaban J connectivity index is 1.07. The third-order valence-electron chi connectivity index (χ3n) is 18.4. The first kappa shape index (κ1) is 52.3. The summed E-state index contributed by atoms with van der Waals surface area (Å²) in [5.41, 5.74) is 30.0. The van der Waals surface area contributed by atoms with Crippen LogP contribution in [0.1, 0.15) is 132 Å². The molecule has 0 bridgehead atoms. The van der Waals surface area contributed by atoms with E-state index in [1.807, 2.05) is 0 Å². The smallest absolute Gasteiger partial charge is 0.0464 e. The molecule has 0 aromatic heterocycles. The van der Waals surface area contributed by atoms with Crippen molar-refractivity contribution in [2.24, 2.45) is 0 Å². The second-order valence-electron chi connectivity index (χ2n) is 25.9. The van der Waals surface area contributed by atoms with Crippen LogP contribution in [-0.2, 0) is 16.2 Å². The molecule has 0 spiro atoms. The van der Waals surface area contributed by atoms with Crippen LogP contribution in [0.25, 0.3) is 111 Å². The van der Waals surface area contributed by atoms with Gasteiger partial charge in [-0.1, -0.05) is 286 Å². The third kappa shape index (κ3) is 9.07. The van der Waals surface area contributed by atoms with Crippen LogP contribution < -0.4 is 0 Å². The van der Waals surface area contributed by atoms with E-state index in [0.717, 1.165) is 6.42 Å². The first-order valence-electron chi connectivity index (χ1n) is 30.1. The second-order valence-corrected chi connectivity index (χ2v) is 25.9. The number of aryl methyl sites for hydroxylation is 2. The molecule has 0 heterocycles. The van der Waals surface area contributed by atoms with Gasteiger partial charge in [0.2, 0.25) is 0 Å². The van der Waals surface area contributed by atoms with Crippen molar-refractivity contribution in [2.75, 3.05) is 0 Å². The lowest BCUT2D eigenvalue weighted by molar-refractivity contribution is 0.506. The van der Waals surface area contributed by atoms with Gasteiger partial charge in [-0.25, -0.2) is 0 Å². The maximum Gasteiger partial charge on any atom is 0.0464 e. The fourth-order valence-corrected chi connectivity index (χ4v) is 14.2. The Morgan fingerprint density at radius 1 is 0.321 bits per heavy atom. The molecule has 11 aromatic rings. The van der Waals surface area contributed by atoms with Crippen LogP contribution in [0.3, 0.4) is 0 Å². The highest BCUT2D eigenvalue weighted by molar-refractivity contribution is 6.29. The quantitative estimate of drug-likeness (QED) is 0.101. The fraction of sp³-hybridized carbons (Fsp3) is 0.235. The Morgan fingerprint density at radius 3 is 1.35 bits per heavy atom. The Kier molecular flexibility index (Phi) is 13.2. The predicted molar refractivity (Wildman–Crippen MR) is 350 cm³/mol. The zero-order chi connectivity index (χ0) is 55.8. The van der Waals surface area contributed by atoms with Crippen molar-refractivity contribution in [2.45, 2.75) is 124 Å². The molecule has 2 aliphatic carbocycles. The molecule has 81 heavy (non-hydrogen) atoms. The number of hydrogen-bond acceptors (Lipinski definition) is 0. The van der Waals surface area contributed by atoms with Gasteiger partial charge in [-0.2, -0.15) is 0 Å². The minimum Gasteiger partial charge on any atom is -0.0654 e. The number of benzene rings is 11. The molecule has 0 unspecified atom stereocenters. The van der Waals surface area contributed by atoms with Crippen LogP contribution in [0.15, 0.2) is 212 Å². The van der Waals surface area contributed by atoms with Gasteiger partial charge in [0.15, 0.2) is 0 Å². The Hall–Kier alpha value is -8.06. The topological polar surface area (TPSA) is 0 Å². The van der Waals surface area contributed by atoms with Gasteiger partial charge < -0.3 is 0 Å². The van der Waals surface area contributed by atoms with Gasteiger partial charge in [0.1, 0.15) is 0 Å². The fourth-order valence-electron chi connectivity index (χ4n) is 14.2. The van der Waals surface area contributed by atoms with E-state index in [1.54, 1.807) is 0 Å². The summed E-state index contributed by atoms with van der Waals surface area (Å²) in [6.45, 7) is 20.7. The first-order chi connectivity index (χ1) is 39.2. The van der Waals surface area contributed by atoms with Crippen LogP contribution in [0.4, 0.5) is 0 Å². The van der Waals surface area contributed by atoms with E-state index < -0.39 is 0 Å². The van der Waals surface area contributed by atoms with Gasteiger partial charge in [0, 0.05) is 5.41 Å². The highest BCUT2D eigenvalue weighted by atomic mass is 14.5. The molecule has 0 nitrogen and oxygen atoms in total. The number of fused-ring (bicyclic) bond motifs is 7. The minimum absolute atomic E-state index is 0.0691. The summed E-state index contributed by atoms with van der Waals surface area (Å²) in [5, 5.41) is 5.21. The lowest BCUT2D eigenvalue weighted by atomic mass is 9.68. The second kappa shape index (κ2) is 20.5. The van der Waals surface area contributed by atoms with Crippen molar-refractivity contribution < 1.29 is 0 Å². The summed E-state index contributed by atoms with van der Waals surface area (Å²) in [5.74, 6) is 0. The first-order valence-corrected chi connectivity index (χ1v) is 30.1. The van der Waals surface area contributed by atoms with E-state index in [0.29, 0.717) is 0 Å². The van der Waals surface area contributed by atoms with Crippen molar-refractivity contribution >= 4 is 21.5 Å². The molecule has 0 N–H and O–H groups in total. The summed E-state index contributed by atoms with van der Waals surface area (Å²) in [6.07, 6.45) is 8.63. The van der Waals surface area contributed by atoms with Crippen LogP contribution in [0, 0.1) is 13.8 Å². The molecule has 0 heteroatoms. The lowest BCUT2D eigenvalue weighted by Crippen LogP contribution is -2.27. The van der Waals surface area contributed by atoms with Crippen LogP contribution >= 0.6 is 0 Å². The SMILES string of the molecule is CCCCCCCCC1(c2ccc3c(-c4ccccc4)c4c(c(-c5ccccc5)c3c2)-c2cccc3c(-c5cc(-c6ccc(C(C)(C)C)cc6)cc(-c6ccc(C(C)(C)C)cc6)c5)ccc-4c23)c2cc(C)ccc2-c2ccc(C)cc21. The van der Waals surface area contributed by atoms with E-state index in [9.17, 15) is 0 Å². The van der Waals surface area contributed by atoms with Gasteiger partial charge in [0.05, 0.1) is 0 Å². The average Bonchev–Trinajstić information content (AvgIpc) is 4.19. The molecule has 11 aromatic carbocycles. The van der Waals surface area contributed by atoms with E-state index in [-0.39, 0.29) is 16.2 Å². The van der Waals surface area contributed by atoms with Crippen molar-refractivity contribution in [1.82, 2.24) is 0 Å². The summed E-state index contributed by atoms with van der Waals surface area (Å²) in [7, 11) is 0. The zero-order valence-corrected chi connectivity index (χ0v) is 49.2. The Labute approximate surface area is 482 Å². The lowest BCUT2D eigenvalue weighted by Gasteiger charge is -2.34. The van der Waals surface area contributed by atoms with Crippen molar-refractivity contribution in [3.63, 3.8) is 0 Å². The van der Waals surface area contributed by atoms with Gasteiger partial charge >= 0.3 is 0 Å². The summed E-state index contributed by atoms with van der Waals surface area (Å²) >= 11 is 0. The molecule has 13 rings (SSSR count). The molecular weight excluding hydrogens is 973 g/mol. The van der Waals surface area contributed by atoms with E-state index >= 15 is 0 Å². The summed E-state index contributed by atoms with van der Waals surface area (Å²) in [4.78, 5) is 0. The minimum atomic E-state index is -0.309. The highest BCUT2D eigenvalue weighted by Crippen LogP contribution is 2.61. The van der Waals surface area contributed by atoms with Gasteiger partial charge in [-0.15, -0.1) is 0 Å². The largest absolute Gasteiger partial charge is 0.0654 e. The highest BCUT2D eigenvalue weighted by Gasteiger charge is 2.45. The molecule has 0 fully saturated rings. The molecule has 0 atom stereocenters. The number of rotatable bonds is 13. The van der Waals surface area contributed by atoms with Crippen LogP contribution in [0.2, 0.25) is 0 Å². The standard InChI is InChI=1S/C81H76/c1-10-11-12-13-14-21-45-81(72-46-52(2)29-40-65(72)66-41-30-53(3)47-73(66)81)63-39-42-68-71(51-63)75(57-25-19-16-20-26-57)77-69-28-22-27-67-64(43-44-70(76(67)69)78(77)74(68)56-23-17-15-18-24-56)60-49-58(54-31-35-61(36-32-54)79(4,5)6)48-59(50-60)55-33-37-62(38-34-55)80(7,8)9/h15-20,22-44,46-51H,10-14,21,45H2,1-9H3. The van der Waals surface area contributed by atoms with E-state index in [4.69, 9.17) is 0 Å². The third-order valence-corrected chi connectivity index (χ3v) is 18.4.